The first-order valence-corrected chi connectivity index (χ1v) is 8.14. The Balaban J connectivity index is 2.08. The van der Waals surface area contributed by atoms with Gasteiger partial charge in [0.2, 0.25) is 0 Å². The van der Waals surface area contributed by atoms with Crippen LogP contribution in [0.2, 0.25) is 10.0 Å². The van der Waals surface area contributed by atoms with Crippen molar-refractivity contribution in [1.82, 2.24) is 0 Å². The molecule has 0 saturated carbocycles. The van der Waals surface area contributed by atoms with Crippen molar-refractivity contribution in [2.75, 3.05) is 11.1 Å². The Morgan fingerprint density at radius 1 is 1.12 bits per heavy atom. The minimum atomic E-state index is -0.520. The van der Waals surface area contributed by atoms with E-state index in [0.29, 0.717) is 28.0 Å². The lowest BCUT2D eigenvalue weighted by Gasteiger charge is -2.10. The molecular weight excluding hydrogens is 363 g/mol. The number of Topliss-reactive ketones (excluding diaryl/α,β-unsaturated/α-hetero) is 1. The molecule has 5 nitrogen and oxygen atoms in total. The summed E-state index contributed by atoms with van der Waals surface area (Å²) < 4.78 is 5.69. The fraction of sp³-hybridized carbons (Fsp3) is 0.111. The third-order valence-electron chi connectivity index (χ3n) is 3.84. The summed E-state index contributed by atoms with van der Waals surface area (Å²) in [5, 5.41) is 3.62. The molecule has 3 aromatic rings. The molecule has 0 aliphatic heterocycles. The van der Waals surface area contributed by atoms with Crippen molar-refractivity contribution in [3.05, 3.63) is 57.3 Å². The number of benzene rings is 2. The highest BCUT2D eigenvalue weighted by molar-refractivity contribution is 6.42. The van der Waals surface area contributed by atoms with Crippen molar-refractivity contribution in [2.45, 2.75) is 13.8 Å². The fourth-order valence-corrected chi connectivity index (χ4v) is 3.28. The maximum absolute atomic E-state index is 12.6. The number of anilines is 2. The Morgan fingerprint density at radius 2 is 1.84 bits per heavy atom. The summed E-state index contributed by atoms with van der Waals surface area (Å²) >= 11 is 12.2. The molecular formula is C18H14Cl2N2O3. The van der Waals surface area contributed by atoms with Gasteiger partial charge >= 0.3 is 0 Å². The molecule has 7 heteroatoms. The standard InChI is InChI=1S/C18H14Cl2N2O3/c1-8(23)14-9(2)25-17-10(14)4-3-5-13(17)22-18(24)15-11(19)6-7-12(21)16(15)20/h3-7H,21H2,1-2H3,(H,22,24). The van der Waals surface area contributed by atoms with Gasteiger partial charge in [0.15, 0.2) is 11.4 Å². The maximum Gasteiger partial charge on any atom is 0.258 e. The number of hydrogen-bond donors (Lipinski definition) is 2. The van der Waals surface area contributed by atoms with E-state index >= 15 is 0 Å². The molecule has 3 N–H and O–H groups in total. The van der Waals surface area contributed by atoms with Gasteiger partial charge in [-0.05, 0) is 32.0 Å². The Hall–Kier alpha value is -2.50. The molecule has 0 aliphatic carbocycles. The molecule has 0 atom stereocenters. The van der Waals surface area contributed by atoms with Crippen LogP contribution in [-0.2, 0) is 0 Å². The molecule has 0 unspecified atom stereocenters. The average molecular weight is 377 g/mol. The number of nitrogens with two attached hydrogens (primary N) is 1. The summed E-state index contributed by atoms with van der Waals surface area (Å²) in [4.78, 5) is 24.5. The maximum atomic E-state index is 12.6. The highest BCUT2D eigenvalue weighted by Crippen LogP contribution is 2.34. The first-order chi connectivity index (χ1) is 11.8. The highest BCUT2D eigenvalue weighted by Gasteiger charge is 2.21. The minimum absolute atomic E-state index is 0.0791. The number of nitrogens with one attached hydrogen (secondary N) is 1. The summed E-state index contributed by atoms with van der Waals surface area (Å²) in [5.41, 5.74) is 7.39. The van der Waals surface area contributed by atoms with E-state index in [-0.39, 0.29) is 27.1 Å². The van der Waals surface area contributed by atoms with Crippen molar-refractivity contribution in [1.29, 1.82) is 0 Å². The number of furan rings is 1. The molecule has 25 heavy (non-hydrogen) atoms. The number of fused-ring (bicyclic) bond motifs is 1. The van der Waals surface area contributed by atoms with Crippen molar-refractivity contribution in [3.8, 4) is 0 Å². The number of rotatable bonds is 3. The number of halogens is 2. The van der Waals surface area contributed by atoms with Crippen LogP contribution < -0.4 is 11.1 Å². The van der Waals surface area contributed by atoms with E-state index in [1.807, 2.05) is 0 Å². The van der Waals surface area contributed by atoms with Gasteiger partial charge in [-0.2, -0.15) is 0 Å². The number of para-hydroxylation sites is 1. The molecule has 0 spiro atoms. The number of carbonyl (C=O) groups excluding carboxylic acids is 2. The average Bonchev–Trinajstić information content (AvgIpc) is 2.88. The second-order valence-corrected chi connectivity index (χ2v) is 6.34. The number of amides is 1. The van der Waals surface area contributed by atoms with Crippen LogP contribution in [0, 0.1) is 6.92 Å². The first kappa shape index (κ1) is 17.3. The van der Waals surface area contributed by atoms with Gasteiger partial charge in [-0.3, -0.25) is 9.59 Å². The smallest absolute Gasteiger partial charge is 0.258 e. The molecule has 3 rings (SSSR count). The van der Waals surface area contributed by atoms with Gasteiger partial charge in [0.1, 0.15) is 5.76 Å². The van der Waals surface area contributed by atoms with Crippen LogP contribution in [0.25, 0.3) is 11.0 Å². The summed E-state index contributed by atoms with van der Waals surface area (Å²) in [6.07, 6.45) is 0. The largest absolute Gasteiger partial charge is 0.458 e. The summed E-state index contributed by atoms with van der Waals surface area (Å²) in [6, 6.07) is 8.18. The van der Waals surface area contributed by atoms with Crippen LogP contribution in [0.1, 0.15) is 33.4 Å². The third kappa shape index (κ3) is 2.97. The van der Waals surface area contributed by atoms with Crippen molar-refractivity contribution in [2.24, 2.45) is 0 Å². The number of aryl methyl sites for hydroxylation is 1. The molecule has 1 heterocycles. The zero-order valence-corrected chi connectivity index (χ0v) is 15.0. The van der Waals surface area contributed by atoms with Gasteiger partial charge in [0, 0.05) is 5.39 Å². The lowest BCUT2D eigenvalue weighted by Crippen LogP contribution is -2.14. The number of ketones is 1. The molecule has 0 bridgehead atoms. The van der Waals surface area contributed by atoms with E-state index in [9.17, 15) is 9.59 Å². The fourth-order valence-electron chi connectivity index (χ4n) is 2.74. The predicted octanol–water partition coefficient (Wildman–Crippen LogP) is 5.09. The van der Waals surface area contributed by atoms with Gasteiger partial charge in [-0.15, -0.1) is 0 Å². The van der Waals surface area contributed by atoms with Crippen molar-refractivity contribution < 1.29 is 14.0 Å². The topological polar surface area (TPSA) is 85.3 Å². The SMILES string of the molecule is CC(=O)c1c(C)oc2c(NC(=O)c3c(Cl)ccc(N)c3Cl)cccc12. The summed E-state index contributed by atoms with van der Waals surface area (Å²) in [6.45, 7) is 3.17. The normalized spacial score (nSPS) is 10.9. The molecule has 1 aromatic heterocycles. The molecule has 128 valence electrons. The zero-order valence-electron chi connectivity index (χ0n) is 13.4. The molecule has 0 saturated heterocycles. The third-order valence-corrected chi connectivity index (χ3v) is 4.56. The monoisotopic (exact) mass is 376 g/mol. The van der Waals surface area contributed by atoms with Gasteiger partial charge < -0.3 is 15.5 Å². The predicted molar refractivity (Wildman–Crippen MR) is 99.8 cm³/mol. The van der Waals surface area contributed by atoms with Gasteiger partial charge in [-0.1, -0.05) is 35.3 Å². The number of carbonyl (C=O) groups is 2. The van der Waals surface area contributed by atoms with Crippen LogP contribution in [-0.4, -0.2) is 11.7 Å². The Morgan fingerprint density at radius 3 is 2.52 bits per heavy atom. The van der Waals surface area contributed by atoms with E-state index in [1.165, 1.54) is 19.1 Å². The van der Waals surface area contributed by atoms with Crippen LogP contribution in [0.4, 0.5) is 11.4 Å². The lowest BCUT2D eigenvalue weighted by atomic mass is 10.1. The van der Waals surface area contributed by atoms with Crippen LogP contribution in [0.5, 0.6) is 0 Å². The van der Waals surface area contributed by atoms with Crippen molar-refractivity contribution in [3.63, 3.8) is 0 Å². The van der Waals surface area contributed by atoms with Crippen LogP contribution in [0.3, 0.4) is 0 Å². The van der Waals surface area contributed by atoms with E-state index in [4.69, 9.17) is 33.4 Å². The highest BCUT2D eigenvalue weighted by atomic mass is 35.5. The van der Waals surface area contributed by atoms with Crippen LogP contribution >= 0.6 is 23.2 Å². The quantitative estimate of drug-likeness (QED) is 0.492. The Labute approximate surface area is 153 Å². The van der Waals surface area contributed by atoms with Gasteiger partial charge in [0.05, 0.1) is 32.5 Å². The minimum Gasteiger partial charge on any atom is -0.458 e. The van der Waals surface area contributed by atoms with Crippen molar-refractivity contribution >= 4 is 57.2 Å². The summed E-state index contributed by atoms with van der Waals surface area (Å²) in [7, 11) is 0. The Bertz CT molecular complexity index is 1020. The second kappa shape index (κ2) is 6.43. The number of hydrogen-bond acceptors (Lipinski definition) is 4. The number of nitrogen functional groups attached to an aromatic ring is 1. The molecule has 0 fully saturated rings. The van der Waals surface area contributed by atoms with Crippen LogP contribution in [0.15, 0.2) is 34.7 Å². The van der Waals surface area contributed by atoms with Gasteiger partial charge in [0.25, 0.3) is 5.91 Å². The van der Waals surface area contributed by atoms with E-state index in [1.54, 1.807) is 25.1 Å². The molecule has 2 aromatic carbocycles. The zero-order chi connectivity index (χ0) is 18.3. The molecule has 0 aliphatic rings. The first-order valence-electron chi connectivity index (χ1n) is 7.39. The Kier molecular flexibility index (Phi) is 4.45. The second-order valence-electron chi connectivity index (χ2n) is 5.55. The lowest BCUT2D eigenvalue weighted by molar-refractivity contribution is 0.101. The molecule has 0 radical (unpaired) electrons. The van der Waals surface area contributed by atoms with E-state index in [0.717, 1.165) is 0 Å². The van der Waals surface area contributed by atoms with Gasteiger partial charge in [-0.25, -0.2) is 0 Å². The summed E-state index contributed by atoms with van der Waals surface area (Å²) in [5.74, 6) is -0.140. The van der Waals surface area contributed by atoms with E-state index in [2.05, 4.69) is 5.32 Å². The van der Waals surface area contributed by atoms with E-state index < -0.39 is 5.91 Å². The molecule has 1 amide bonds.